The topological polar surface area (TPSA) is 42.0 Å². The first kappa shape index (κ1) is 9.71. The molecule has 1 heterocycles. The molecular weight excluding hydrogens is 164 g/mol. The van der Waals surface area contributed by atoms with Gasteiger partial charge in [-0.1, -0.05) is 13.0 Å². The van der Waals surface area contributed by atoms with Crippen LogP contribution in [0.15, 0.2) is 18.3 Å². The van der Waals surface area contributed by atoms with Crippen molar-refractivity contribution < 1.29 is 6.22 Å². The van der Waals surface area contributed by atoms with Crippen LogP contribution in [0.4, 0.5) is 0 Å². The highest BCUT2D eigenvalue weighted by Gasteiger charge is 1.97. The Hall–Kier alpha value is -1.38. The standard InChI is InChI=1S/C10H14N2O.H2/c1-3-10(13)12-7-9-5-4-8(2)6-11-9;/h4-6H,3,7H2,1-2H3,(H,12,13);1H. The van der Waals surface area contributed by atoms with Crippen molar-refractivity contribution in [1.82, 2.24) is 10.3 Å². The number of carbonyl (C=O) groups is 1. The van der Waals surface area contributed by atoms with Crippen LogP contribution in [0, 0.1) is 6.92 Å². The molecule has 0 fully saturated rings. The van der Waals surface area contributed by atoms with E-state index in [-0.39, 0.29) is 7.33 Å². The first-order valence-electron chi connectivity index (χ1n) is 4.40. The van der Waals surface area contributed by atoms with Gasteiger partial charge in [0.05, 0.1) is 12.2 Å². The van der Waals surface area contributed by atoms with Gasteiger partial charge in [-0.3, -0.25) is 9.78 Å². The number of nitrogens with one attached hydrogen (secondary N) is 1. The van der Waals surface area contributed by atoms with Gasteiger partial charge in [0.25, 0.3) is 0 Å². The van der Waals surface area contributed by atoms with Crippen molar-refractivity contribution in [2.45, 2.75) is 26.8 Å². The molecule has 1 rings (SSSR count). The van der Waals surface area contributed by atoms with Crippen molar-refractivity contribution in [3.05, 3.63) is 29.6 Å². The van der Waals surface area contributed by atoms with E-state index in [2.05, 4.69) is 10.3 Å². The fourth-order valence-electron chi connectivity index (χ4n) is 0.917. The molecule has 0 aliphatic heterocycles. The Morgan fingerprint density at radius 2 is 2.38 bits per heavy atom. The SMILES string of the molecule is CCC(=O)NCc1ccc(C)cn1.[HH]. The number of hydrogen-bond acceptors (Lipinski definition) is 2. The fourth-order valence-corrected chi connectivity index (χ4v) is 0.917. The van der Waals surface area contributed by atoms with E-state index in [0.29, 0.717) is 13.0 Å². The van der Waals surface area contributed by atoms with Gasteiger partial charge >= 0.3 is 0 Å². The van der Waals surface area contributed by atoms with Crippen molar-refractivity contribution in [3.63, 3.8) is 0 Å². The zero-order valence-electron chi connectivity index (χ0n) is 8.00. The Bertz CT molecular complexity index is 285. The van der Waals surface area contributed by atoms with Crippen molar-refractivity contribution >= 4 is 5.91 Å². The van der Waals surface area contributed by atoms with Gasteiger partial charge in [-0.25, -0.2) is 0 Å². The van der Waals surface area contributed by atoms with Gasteiger partial charge in [-0.2, -0.15) is 0 Å². The van der Waals surface area contributed by atoms with E-state index < -0.39 is 0 Å². The Morgan fingerprint density at radius 3 is 2.92 bits per heavy atom. The highest BCUT2D eigenvalue weighted by molar-refractivity contribution is 5.75. The van der Waals surface area contributed by atoms with Crippen LogP contribution in [0.1, 0.15) is 26.0 Å². The summed E-state index contributed by atoms with van der Waals surface area (Å²) in [5, 5.41) is 2.77. The lowest BCUT2D eigenvalue weighted by Gasteiger charge is -2.02. The third kappa shape index (κ3) is 3.23. The second-order valence-electron chi connectivity index (χ2n) is 2.96. The first-order valence-corrected chi connectivity index (χ1v) is 4.40. The molecule has 3 heteroatoms. The van der Waals surface area contributed by atoms with Crippen LogP contribution in [0.5, 0.6) is 0 Å². The maximum atomic E-state index is 10.9. The summed E-state index contributed by atoms with van der Waals surface area (Å²) < 4.78 is 0. The highest BCUT2D eigenvalue weighted by atomic mass is 16.1. The predicted octanol–water partition coefficient (Wildman–Crippen LogP) is 1.66. The lowest BCUT2D eigenvalue weighted by Crippen LogP contribution is -2.21. The molecule has 0 spiro atoms. The molecule has 1 amide bonds. The average Bonchev–Trinajstić information content (AvgIpc) is 2.16. The summed E-state index contributed by atoms with van der Waals surface area (Å²) in [7, 11) is 0. The normalized spacial score (nSPS) is 9.69. The third-order valence-electron chi connectivity index (χ3n) is 1.76. The minimum absolute atomic E-state index is 0. The minimum Gasteiger partial charge on any atom is -0.350 e. The van der Waals surface area contributed by atoms with Crippen LogP contribution in [-0.2, 0) is 11.3 Å². The summed E-state index contributed by atoms with van der Waals surface area (Å²) >= 11 is 0. The van der Waals surface area contributed by atoms with Gasteiger partial charge in [0.15, 0.2) is 0 Å². The van der Waals surface area contributed by atoms with E-state index in [4.69, 9.17) is 0 Å². The zero-order chi connectivity index (χ0) is 9.68. The average molecular weight is 180 g/mol. The number of carbonyl (C=O) groups excluding carboxylic acids is 1. The van der Waals surface area contributed by atoms with Gasteiger partial charge in [0.2, 0.25) is 5.91 Å². The molecule has 0 aromatic carbocycles. The monoisotopic (exact) mass is 180 g/mol. The number of aryl methyl sites for hydroxylation is 1. The lowest BCUT2D eigenvalue weighted by molar-refractivity contribution is -0.120. The van der Waals surface area contributed by atoms with Crippen LogP contribution in [-0.4, -0.2) is 10.9 Å². The summed E-state index contributed by atoms with van der Waals surface area (Å²) in [6, 6.07) is 3.91. The predicted molar refractivity (Wildman–Crippen MR) is 53.2 cm³/mol. The summed E-state index contributed by atoms with van der Waals surface area (Å²) in [5.74, 6) is 0.0578. The molecule has 0 radical (unpaired) electrons. The molecule has 13 heavy (non-hydrogen) atoms. The third-order valence-corrected chi connectivity index (χ3v) is 1.76. The first-order chi connectivity index (χ1) is 6.22. The van der Waals surface area contributed by atoms with Crippen LogP contribution in [0.3, 0.4) is 0 Å². The summed E-state index contributed by atoms with van der Waals surface area (Å²) in [6.45, 7) is 4.34. The summed E-state index contributed by atoms with van der Waals surface area (Å²) in [4.78, 5) is 15.1. The molecule has 1 aromatic heterocycles. The van der Waals surface area contributed by atoms with Gasteiger partial charge in [0.1, 0.15) is 0 Å². The Balaban J connectivity index is 0.00000169. The summed E-state index contributed by atoms with van der Waals surface area (Å²) in [5.41, 5.74) is 2.03. The second-order valence-corrected chi connectivity index (χ2v) is 2.96. The van der Waals surface area contributed by atoms with Crippen molar-refractivity contribution in [2.75, 3.05) is 0 Å². The summed E-state index contributed by atoms with van der Waals surface area (Å²) in [6.07, 6.45) is 2.32. The molecular formula is C10H16N2O. The Labute approximate surface area is 79.7 Å². The molecule has 0 aliphatic carbocycles. The fraction of sp³-hybridized carbons (Fsp3) is 0.400. The number of hydrogen-bond donors (Lipinski definition) is 1. The van der Waals surface area contributed by atoms with Gasteiger partial charge < -0.3 is 5.32 Å². The Morgan fingerprint density at radius 1 is 1.62 bits per heavy atom. The molecule has 3 nitrogen and oxygen atoms in total. The molecule has 0 bridgehead atoms. The van der Waals surface area contributed by atoms with Crippen LogP contribution in [0.25, 0.3) is 0 Å². The van der Waals surface area contributed by atoms with Gasteiger partial charge in [-0.05, 0) is 18.6 Å². The minimum atomic E-state index is 0. The van der Waals surface area contributed by atoms with E-state index in [9.17, 15) is 4.79 Å². The lowest BCUT2D eigenvalue weighted by atomic mass is 10.3. The number of nitrogens with zero attached hydrogens (tertiary/aromatic N) is 1. The molecule has 0 atom stereocenters. The maximum Gasteiger partial charge on any atom is 0.220 e. The van der Waals surface area contributed by atoms with E-state index in [1.165, 1.54) is 0 Å². The number of rotatable bonds is 3. The highest BCUT2D eigenvalue weighted by Crippen LogP contribution is 1.97. The van der Waals surface area contributed by atoms with E-state index >= 15 is 0 Å². The number of aromatic nitrogens is 1. The van der Waals surface area contributed by atoms with Crippen molar-refractivity contribution in [3.8, 4) is 0 Å². The number of amides is 1. The van der Waals surface area contributed by atoms with Crippen molar-refractivity contribution in [2.24, 2.45) is 0 Å². The molecule has 0 saturated carbocycles. The van der Waals surface area contributed by atoms with E-state index in [1.807, 2.05) is 26.0 Å². The van der Waals surface area contributed by atoms with Crippen LogP contribution in [0.2, 0.25) is 0 Å². The molecule has 0 unspecified atom stereocenters. The second kappa shape index (κ2) is 4.60. The quantitative estimate of drug-likeness (QED) is 0.768. The zero-order valence-corrected chi connectivity index (χ0v) is 8.00. The van der Waals surface area contributed by atoms with Gasteiger partial charge in [-0.15, -0.1) is 0 Å². The van der Waals surface area contributed by atoms with Crippen molar-refractivity contribution in [1.29, 1.82) is 0 Å². The maximum absolute atomic E-state index is 10.9. The molecule has 1 N–H and O–H groups in total. The Kier molecular flexibility index (Phi) is 3.43. The number of pyridine rings is 1. The molecule has 0 aliphatic rings. The molecule has 72 valence electrons. The molecule has 1 aromatic rings. The largest absolute Gasteiger partial charge is 0.350 e. The van der Waals surface area contributed by atoms with Crippen LogP contribution < -0.4 is 5.32 Å². The van der Waals surface area contributed by atoms with E-state index in [1.54, 1.807) is 6.20 Å². The van der Waals surface area contributed by atoms with Gasteiger partial charge in [0, 0.05) is 14.0 Å². The van der Waals surface area contributed by atoms with Crippen LogP contribution >= 0.6 is 0 Å². The van der Waals surface area contributed by atoms with E-state index in [0.717, 1.165) is 11.3 Å². The molecule has 0 saturated heterocycles. The smallest absolute Gasteiger partial charge is 0.220 e.